The summed E-state index contributed by atoms with van der Waals surface area (Å²) in [5, 5.41) is 6.99. The zero-order valence-corrected chi connectivity index (χ0v) is 19.7. The van der Waals surface area contributed by atoms with Gasteiger partial charge >= 0.3 is 0 Å². The van der Waals surface area contributed by atoms with Crippen molar-refractivity contribution < 1.29 is 14.2 Å². The molecule has 0 aliphatic carbocycles. The molecule has 0 aromatic heterocycles. The molecule has 0 unspecified atom stereocenters. The first-order valence-electron chi connectivity index (χ1n) is 11.3. The summed E-state index contributed by atoms with van der Waals surface area (Å²) in [6.07, 6.45) is 2.20. The van der Waals surface area contributed by atoms with Crippen molar-refractivity contribution in [3.63, 3.8) is 0 Å². The van der Waals surface area contributed by atoms with Gasteiger partial charge in [0.2, 0.25) is 5.75 Å². The van der Waals surface area contributed by atoms with E-state index in [0.29, 0.717) is 29.8 Å². The lowest BCUT2D eigenvalue weighted by Gasteiger charge is -2.33. The van der Waals surface area contributed by atoms with Gasteiger partial charge in [-0.25, -0.2) is 4.99 Å². The molecule has 3 rings (SSSR count). The molecule has 2 aromatic carbocycles. The summed E-state index contributed by atoms with van der Waals surface area (Å²) < 4.78 is 16.3. The predicted octanol–water partition coefficient (Wildman–Crippen LogP) is 3.43. The van der Waals surface area contributed by atoms with E-state index >= 15 is 0 Å². The SMILES string of the molecule is CCNC(=NCc1cc(OC)c(OC)c(OC)c1)NC1CCN(Cc2ccccc2)CC1. The van der Waals surface area contributed by atoms with E-state index in [1.807, 2.05) is 12.1 Å². The molecule has 0 amide bonds. The van der Waals surface area contributed by atoms with E-state index in [1.165, 1.54) is 5.56 Å². The van der Waals surface area contributed by atoms with Crippen molar-refractivity contribution in [2.45, 2.75) is 38.9 Å². The molecule has 32 heavy (non-hydrogen) atoms. The number of ether oxygens (including phenoxy) is 3. The third kappa shape index (κ3) is 6.53. The number of benzene rings is 2. The molecule has 0 atom stereocenters. The average Bonchev–Trinajstić information content (AvgIpc) is 2.83. The van der Waals surface area contributed by atoms with Gasteiger partial charge in [-0.1, -0.05) is 30.3 Å². The molecule has 1 aliphatic heterocycles. The lowest BCUT2D eigenvalue weighted by molar-refractivity contribution is 0.198. The number of aliphatic imine (C=N–C) groups is 1. The van der Waals surface area contributed by atoms with Crippen LogP contribution < -0.4 is 24.8 Å². The number of methoxy groups -OCH3 is 3. The molecule has 0 saturated carbocycles. The standard InChI is InChI=1S/C25H36N4O3/c1-5-26-25(27-17-20-15-22(30-2)24(32-4)23(16-20)31-3)28-21-11-13-29(14-12-21)18-19-9-7-6-8-10-19/h6-10,15-16,21H,5,11-14,17-18H2,1-4H3,(H2,26,27,28). The molecule has 0 radical (unpaired) electrons. The number of hydrogen-bond donors (Lipinski definition) is 2. The van der Waals surface area contributed by atoms with Gasteiger partial charge in [0.1, 0.15) is 0 Å². The molecular formula is C25H36N4O3. The van der Waals surface area contributed by atoms with Crippen LogP contribution >= 0.6 is 0 Å². The highest BCUT2D eigenvalue weighted by Gasteiger charge is 2.20. The molecule has 0 bridgehead atoms. The topological polar surface area (TPSA) is 67.4 Å². The van der Waals surface area contributed by atoms with Gasteiger partial charge in [-0.05, 0) is 43.0 Å². The highest BCUT2D eigenvalue weighted by atomic mass is 16.5. The van der Waals surface area contributed by atoms with Crippen molar-refractivity contribution in [1.82, 2.24) is 15.5 Å². The molecule has 1 aliphatic rings. The van der Waals surface area contributed by atoms with Crippen LogP contribution in [0.15, 0.2) is 47.5 Å². The second-order valence-electron chi connectivity index (χ2n) is 7.91. The summed E-state index contributed by atoms with van der Waals surface area (Å²) >= 11 is 0. The highest BCUT2D eigenvalue weighted by Crippen LogP contribution is 2.38. The molecule has 1 heterocycles. The summed E-state index contributed by atoms with van der Waals surface area (Å²) in [6, 6.07) is 15.0. The molecule has 1 saturated heterocycles. The van der Waals surface area contributed by atoms with Gasteiger partial charge in [0.05, 0.1) is 27.9 Å². The zero-order valence-electron chi connectivity index (χ0n) is 19.7. The normalized spacial score (nSPS) is 15.3. The fourth-order valence-corrected chi connectivity index (χ4v) is 3.99. The first-order valence-corrected chi connectivity index (χ1v) is 11.3. The minimum atomic E-state index is 0.416. The number of likely N-dealkylation sites (tertiary alicyclic amines) is 1. The molecular weight excluding hydrogens is 404 g/mol. The van der Waals surface area contributed by atoms with Crippen LogP contribution in [0.25, 0.3) is 0 Å². The fourth-order valence-electron chi connectivity index (χ4n) is 3.99. The van der Waals surface area contributed by atoms with Gasteiger partial charge < -0.3 is 24.8 Å². The molecule has 7 nitrogen and oxygen atoms in total. The van der Waals surface area contributed by atoms with Crippen LogP contribution in [-0.4, -0.2) is 57.9 Å². The quantitative estimate of drug-likeness (QED) is 0.460. The van der Waals surface area contributed by atoms with Crippen LogP contribution in [0.4, 0.5) is 0 Å². The largest absolute Gasteiger partial charge is 0.493 e. The van der Waals surface area contributed by atoms with Crippen molar-refractivity contribution in [2.24, 2.45) is 4.99 Å². The Hall–Kier alpha value is -2.93. The van der Waals surface area contributed by atoms with Crippen LogP contribution in [0.1, 0.15) is 30.9 Å². The molecule has 1 fully saturated rings. The monoisotopic (exact) mass is 440 g/mol. The van der Waals surface area contributed by atoms with Crippen molar-refractivity contribution in [1.29, 1.82) is 0 Å². The Balaban J connectivity index is 1.59. The maximum Gasteiger partial charge on any atom is 0.203 e. The highest BCUT2D eigenvalue weighted by molar-refractivity contribution is 5.80. The van der Waals surface area contributed by atoms with Gasteiger partial charge in [0.15, 0.2) is 17.5 Å². The molecule has 7 heteroatoms. The number of nitrogens with one attached hydrogen (secondary N) is 2. The number of nitrogens with zero attached hydrogens (tertiary/aromatic N) is 2. The fraction of sp³-hybridized carbons (Fsp3) is 0.480. The molecule has 0 spiro atoms. The van der Waals surface area contributed by atoms with E-state index in [9.17, 15) is 0 Å². The number of rotatable bonds is 9. The molecule has 2 N–H and O–H groups in total. The van der Waals surface area contributed by atoms with Crippen molar-refractivity contribution in [2.75, 3.05) is 41.0 Å². The van der Waals surface area contributed by atoms with Crippen molar-refractivity contribution in [3.05, 3.63) is 53.6 Å². The van der Waals surface area contributed by atoms with Crippen LogP contribution in [-0.2, 0) is 13.1 Å². The van der Waals surface area contributed by atoms with Gasteiger partial charge in [0, 0.05) is 32.2 Å². The van der Waals surface area contributed by atoms with Crippen molar-refractivity contribution >= 4 is 5.96 Å². The molecule has 174 valence electrons. The summed E-state index contributed by atoms with van der Waals surface area (Å²) in [5.41, 5.74) is 2.37. The van der Waals surface area contributed by atoms with Crippen LogP contribution in [0, 0.1) is 0 Å². The minimum absolute atomic E-state index is 0.416. The Morgan fingerprint density at radius 3 is 2.19 bits per heavy atom. The zero-order chi connectivity index (χ0) is 22.8. The Morgan fingerprint density at radius 1 is 0.969 bits per heavy atom. The van der Waals surface area contributed by atoms with E-state index in [4.69, 9.17) is 19.2 Å². The van der Waals surface area contributed by atoms with Crippen LogP contribution in [0.3, 0.4) is 0 Å². The Labute approximate surface area is 191 Å². The summed E-state index contributed by atoms with van der Waals surface area (Å²) in [5.74, 6) is 2.71. The van der Waals surface area contributed by atoms with E-state index in [1.54, 1.807) is 21.3 Å². The second kappa shape index (κ2) is 12.2. The van der Waals surface area contributed by atoms with Gasteiger partial charge in [-0.15, -0.1) is 0 Å². The number of guanidine groups is 1. The first kappa shape index (κ1) is 23.7. The van der Waals surface area contributed by atoms with Gasteiger partial charge in [-0.3, -0.25) is 4.90 Å². The third-order valence-corrected chi connectivity index (χ3v) is 5.67. The number of hydrogen-bond acceptors (Lipinski definition) is 5. The maximum atomic E-state index is 5.46. The lowest BCUT2D eigenvalue weighted by atomic mass is 10.0. The number of piperidine rings is 1. The van der Waals surface area contributed by atoms with Gasteiger partial charge in [-0.2, -0.15) is 0 Å². The summed E-state index contributed by atoms with van der Waals surface area (Å²) in [7, 11) is 4.86. The maximum absolute atomic E-state index is 5.46. The van der Waals surface area contributed by atoms with Crippen LogP contribution in [0.5, 0.6) is 17.2 Å². The van der Waals surface area contributed by atoms with Crippen LogP contribution in [0.2, 0.25) is 0 Å². The predicted molar refractivity (Wildman–Crippen MR) is 129 cm³/mol. The Kier molecular flexibility index (Phi) is 9.04. The van der Waals surface area contributed by atoms with E-state index in [0.717, 1.165) is 50.5 Å². The van der Waals surface area contributed by atoms with E-state index in [2.05, 4.69) is 52.8 Å². The summed E-state index contributed by atoms with van der Waals surface area (Å²) in [4.78, 5) is 7.32. The molecule has 2 aromatic rings. The Morgan fingerprint density at radius 2 is 1.62 bits per heavy atom. The van der Waals surface area contributed by atoms with Gasteiger partial charge in [0.25, 0.3) is 0 Å². The van der Waals surface area contributed by atoms with E-state index < -0.39 is 0 Å². The average molecular weight is 441 g/mol. The first-order chi connectivity index (χ1) is 15.7. The smallest absolute Gasteiger partial charge is 0.203 e. The second-order valence-corrected chi connectivity index (χ2v) is 7.91. The van der Waals surface area contributed by atoms with E-state index in [-0.39, 0.29) is 0 Å². The Bertz CT molecular complexity index is 840. The summed E-state index contributed by atoms with van der Waals surface area (Å²) in [6.45, 7) is 6.59. The third-order valence-electron chi connectivity index (χ3n) is 5.67. The van der Waals surface area contributed by atoms with Crippen molar-refractivity contribution in [3.8, 4) is 17.2 Å². The lowest BCUT2D eigenvalue weighted by Crippen LogP contribution is -2.48. The minimum Gasteiger partial charge on any atom is -0.493 e.